The molecule has 0 radical (unpaired) electrons. The smallest absolute Gasteiger partial charge is 0.326 e. The molecule has 0 spiro atoms. The molecule has 1 fully saturated rings. The number of rotatable bonds is 11. The molecule has 5 atom stereocenters. The summed E-state index contributed by atoms with van der Waals surface area (Å²) in [6, 6.07) is -3.27. The number of hydrogen-bond acceptors (Lipinski definition) is 5. The second-order valence-electron chi connectivity index (χ2n) is 9.36. The summed E-state index contributed by atoms with van der Waals surface area (Å²) in [4.78, 5) is 51.7. The fraction of sp³-hybridized carbons (Fsp3) is 0.818. The normalized spacial score (nSPS) is 20.3. The minimum atomic E-state index is -1.10. The van der Waals surface area contributed by atoms with Gasteiger partial charge >= 0.3 is 5.97 Å². The van der Waals surface area contributed by atoms with Crippen molar-refractivity contribution in [1.29, 1.82) is 0 Å². The minimum Gasteiger partial charge on any atom is -0.480 e. The van der Waals surface area contributed by atoms with Crippen molar-refractivity contribution in [2.45, 2.75) is 91.4 Å². The summed E-state index contributed by atoms with van der Waals surface area (Å²) in [6.45, 7) is 11.6. The quantitative estimate of drug-likeness (QED) is 0.379. The summed E-state index contributed by atoms with van der Waals surface area (Å²) in [5.41, 5.74) is 6.00. The van der Waals surface area contributed by atoms with E-state index < -0.39 is 42.0 Å². The van der Waals surface area contributed by atoms with Crippen LogP contribution in [-0.4, -0.2) is 64.4 Å². The predicted octanol–water partition coefficient (Wildman–Crippen LogP) is 1.11. The summed E-state index contributed by atoms with van der Waals surface area (Å²) in [6.07, 6.45) is 2.14. The zero-order valence-electron chi connectivity index (χ0n) is 19.7. The molecule has 0 aromatic rings. The zero-order chi connectivity index (χ0) is 23.9. The van der Waals surface area contributed by atoms with Gasteiger partial charge in [0.05, 0.1) is 6.04 Å². The first kappa shape index (κ1) is 26.9. The number of nitrogens with two attached hydrogens (primary N) is 1. The van der Waals surface area contributed by atoms with Gasteiger partial charge in [-0.05, 0) is 37.0 Å². The monoisotopic (exact) mass is 440 g/mol. The Kier molecular flexibility index (Phi) is 10.4. The first-order valence-corrected chi connectivity index (χ1v) is 11.3. The van der Waals surface area contributed by atoms with Gasteiger partial charge in [-0.15, -0.1) is 0 Å². The molecule has 0 bridgehead atoms. The summed E-state index contributed by atoms with van der Waals surface area (Å²) in [5, 5.41) is 14.8. The van der Waals surface area contributed by atoms with E-state index in [1.807, 2.05) is 34.6 Å². The molecule has 9 heteroatoms. The Bertz CT molecular complexity index is 652. The van der Waals surface area contributed by atoms with Crippen LogP contribution in [-0.2, 0) is 19.2 Å². The van der Waals surface area contributed by atoms with Crippen molar-refractivity contribution in [3.8, 4) is 0 Å². The van der Waals surface area contributed by atoms with Gasteiger partial charge in [-0.2, -0.15) is 0 Å². The van der Waals surface area contributed by atoms with E-state index in [-0.39, 0.29) is 23.7 Å². The van der Waals surface area contributed by atoms with E-state index in [4.69, 9.17) is 5.73 Å². The van der Waals surface area contributed by atoms with Crippen LogP contribution < -0.4 is 16.4 Å². The fourth-order valence-electron chi connectivity index (χ4n) is 3.69. The molecule has 1 rings (SSSR count). The van der Waals surface area contributed by atoms with Gasteiger partial charge in [-0.3, -0.25) is 14.4 Å². The average Bonchev–Trinajstić information content (AvgIpc) is 3.18. The molecule has 1 saturated heterocycles. The third-order valence-corrected chi connectivity index (χ3v) is 5.96. The van der Waals surface area contributed by atoms with Crippen molar-refractivity contribution in [2.24, 2.45) is 23.5 Å². The molecule has 31 heavy (non-hydrogen) atoms. The lowest BCUT2D eigenvalue weighted by atomic mass is 9.97. The molecule has 178 valence electrons. The Morgan fingerprint density at radius 2 is 1.71 bits per heavy atom. The number of nitrogens with one attached hydrogen (secondary N) is 2. The van der Waals surface area contributed by atoms with Crippen LogP contribution in [0.1, 0.15) is 67.2 Å². The first-order chi connectivity index (χ1) is 14.4. The van der Waals surface area contributed by atoms with Gasteiger partial charge in [0.2, 0.25) is 17.7 Å². The van der Waals surface area contributed by atoms with Crippen molar-refractivity contribution in [1.82, 2.24) is 15.5 Å². The van der Waals surface area contributed by atoms with Gasteiger partial charge in [0.25, 0.3) is 0 Å². The minimum absolute atomic E-state index is 0.0511. The van der Waals surface area contributed by atoms with Gasteiger partial charge in [0.15, 0.2) is 0 Å². The summed E-state index contributed by atoms with van der Waals surface area (Å²) >= 11 is 0. The molecule has 0 saturated carbocycles. The van der Waals surface area contributed by atoms with Crippen molar-refractivity contribution in [3.05, 3.63) is 0 Å². The molecule has 9 nitrogen and oxygen atoms in total. The number of amides is 3. The zero-order valence-corrected chi connectivity index (χ0v) is 19.7. The van der Waals surface area contributed by atoms with E-state index in [2.05, 4.69) is 10.6 Å². The van der Waals surface area contributed by atoms with E-state index in [0.717, 1.165) is 0 Å². The van der Waals surface area contributed by atoms with Crippen molar-refractivity contribution < 1.29 is 24.3 Å². The third kappa shape index (κ3) is 7.48. The summed E-state index contributed by atoms with van der Waals surface area (Å²) in [5.74, 6) is -2.50. The number of likely N-dealkylation sites (tertiary alicyclic amines) is 1. The molecule has 3 amide bonds. The van der Waals surface area contributed by atoms with Crippen LogP contribution in [0, 0.1) is 17.8 Å². The highest BCUT2D eigenvalue weighted by atomic mass is 16.4. The number of hydrogen-bond donors (Lipinski definition) is 4. The second-order valence-corrected chi connectivity index (χ2v) is 9.36. The highest BCUT2D eigenvalue weighted by molar-refractivity contribution is 5.94. The highest BCUT2D eigenvalue weighted by Gasteiger charge is 2.38. The standard InChI is InChI=1S/C22H40N4O5/c1-7-14(6)18(22(30)31)25-19(27)15(11-12(2)3)24-20(28)16-9-8-10-26(16)21(29)17(23)13(4)5/h12-18H,7-11,23H2,1-6H3,(H,24,28)(H,25,27)(H,30,31). The third-order valence-electron chi connectivity index (χ3n) is 5.96. The van der Waals surface area contributed by atoms with E-state index in [1.54, 1.807) is 6.92 Å². The van der Waals surface area contributed by atoms with Gasteiger partial charge < -0.3 is 26.4 Å². The number of carbonyl (C=O) groups is 4. The Hall–Kier alpha value is -2.16. The summed E-state index contributed by atoms with van der Waals surface area (Å²) in [7, 11) is 0. The number of carboxylic acids is 1. The van der Waals surface area contributed by atoms with Gasteiger partial charge in [0.1, 0.15) is 18.1 Å². The average molecular weight is 441 g/mol. The molecule has 5 N–H and O–H groups in total. The largest absolute Gasteiger partial charge is 0.480 e. The molecule has 5 unspecified atom stereocenters. The van der Waals surface area contributed by atoms with Crippen LogP contribution in [0.2, 0.25) is 0 Å². The highest BCUT2D eigenvalue weighted by Crippen LogP contribution is 2.20. The lowest BCUT2D eigenvalue weighted by molar-refractivity contribution is -0.144. The molecular formula is C22H40N4O5. The summed E-state index contributed by atoms with van der Waals surface area (Å²) < 4.78 is 0. The van der Waals surface area contributed by atoms with Gasteiger partial charge in [-0.25, -0.2) is 4.79 Å². The number of carbonyl (C=O) groups excluding carboxylic acids is 3. The lowest BCUT2D eigenvalue weighted by Crippen LogP contribution is -2.57. The van der Waals surface area contributed by atoms with E-state index in [9.17, 15) is 24.3 Å². The first-order valence-electron chi connectivity index (χ1n) is 11.3. The van der Waals surface area contributed by atoms with E-state index >= 15 is 0 Å². The fourth-order valence-corrected chi connectivity index (χ4v) is 3.69. The van der Waals surface area contributed by atoms with E-state index in [1.165, 1.54) is 4.90 Å². The number of nitrogens with zero attached hydrogens (tertiary/aromatic N) is 1. The van der Waals surface area contributed by atoms with Gasteiger partial charge in [0, 0.05) is 6.54 Å². The molecule has 0 aliphatic carbocycles. The van der Waals surface area contributed by atoms with Crippen LogP contribution in [0.15, 0.2) is 0 Å². The molecule has 1 aliphatic heterocycles. The Morgan fingerprint density at radius 1 is 1.10 bits per heavy atom. The molecule has 1 aliphatic rings. The molecule has 0 aromatic carbocycles. The molecule has 0 aromatic heterocycles. The second kappa shape index (κ2) is 12.0. The molecule has 1 heterocycles. The van der Waals surface area contributed by atoms with Crippen LogP contribution in [0.5, 0.6) is 0 Å². The van der Waals surface area contributed by atoms with E-state index in [0.29, 0.717) is 32.2 Å². The van der Waals surface area contributed by atoms with Crippen molar-refractivity contribution >= 4 is 23.7 Å². The van der Waals surface area contributed by atoms with Crippen LogP contribution >= 0.6 is 0 Å². The Balaban J connectivity index is 2.95. The maximum Gasteiger partial charge on any atom is 0.326 e. The number of aliphatic carboxylic acids is 1. The Morgan fingerprint density at radius 3 is 2.19 bits per heavy atom. The Labute approximate surface area is 185 Å². The number of carboxylic acid groups (broad SMARTS) is 1. The SMILES string of the molecule is CCC(C)C(NC(=O)C(CC(C)C)NC(=O)C1CCCN1C(=O)C(N)C(C)C)C(=O)O. The predicted molar refractivity (Wildman–Crippen MR) is 118 cm³/mol. The lowest BCUT2D eigenvalue weighted by Gasteiger charge is -2.30. The maximum absolute atomic E-state index is 13.0. The maximum atomic E-state index is 13.0. The van der Waals surface area contributed by atoms with Crippen LogP contribution in [0.4, 0.5) is 0 Å². The molecular weight excluding hydrogens is 400 g/mol. The van der Waals surface area contributed by atoms with Gasteiger partial charge in [-0.1, -0.05) is 48.0 Å². The van der Waals surface area contributed by atoms with Crippen LogP contribution in [0.3, 0.4) is 0 Å². The van der Waals surface area contributed by atoms with Crippen molar-refractivity contribution in [2.75, 3.05) is 6.54 Å². The van der Waals surface area contributed by atoms with Crippen molar-refractivity contribution in [3.63, 3.8) is 0 Å². The van der Waals surface area contributed by atoms with Crippen LogP contribution in [0.25, 0.3) is 0 Å². The topological polar surface area (TPSA) is 142 Å².